The van der Waals surface area contributed by atoms with Crippen LogP contribution in [0.25, 0.3) is 0 Å². The molecule has 1 heterocycles. The molecule has 0 spiro atoms. The van der Waals surface area contributed by atoms with Gasteiger partial charge in [-0.2, -0.15) is 0 Å². The summed E-state index contributed by atoms with van der Waals surface area (Å²) < 4.78 is 3.38. The van der Waals surface area contributed by atoms with Crippen LogP contribution in [-0.4, -0.2) is 14.8 Å². The van der Waals surface area contributed by atoms with Crippen LogP contribution in [-0.2, 0) is 5.54 Å². The van der Waals surface area contributed by atoms with Crippen molar-refractivity contribution in [1.29, 1.82) is 0 Å². The molecule has 0 aliphatic rings. The van der Waals surface area contributed by atoms with Crippen molar-refractivity contribution in [3.63, 3.8) is 0 Å². The normalized spacial score (nSPS) is 11.5. The highest BCUT2D eigenvalue weighted by atomic mass is 79.9. The van der Waals surface area contributed by atoms with E-state index in [4.69, 9.17) is 0 Å². The van der Waals surface area contributed by atoms with Crippen LogP contribution in [0.15, 0.2) is 100 Å². The predicted molar refractivity (Wildman–Crippen MR) is 110 cm³/mol. The highest BCUT2D eigenvalue weighted by molar-refractivity contribution is 9.11. The maximum absolute atomic E-state index is 4.24. The largest absolute Gasteiger partial charge is 0.277 e. The quantitative estimate of drug-likeness (QED) is 0.362. The Kier molecular flexibility index (Phi) is 4.74. The maximum atomic E-state index is 4.24. The summed E-state index contributed by atoms with van der Waals surface area (Å²) in [6.45, 7) is 0. The van der Waals surface area contributed by atoms with Crippen LogP contribution < -0.4 is 0 Å². The van der Waals surface area contributed by atoms with Gasteiger partial charge in [0.2, 0.25) is 9.47 Å². The lowest BCUT2D eigenvalue weighted by Crippen LogP contribution is -2.38. The number of rotatable bonds is 4. The molecule has 0 N–H and O–H groups in total. The van der Waals surface area contributed by atoms with Gasteiger partial charge in [-0.1, -0.05) is 91.0 Å². The van der Waals surface area contributed by atoms with Crippen molar-refractivity contribution in [3.05, 3.63) is 117 Å². The van der Waals surface area contributed by atoms with E-state index in [0.717, 1.165) is 16.7 Å². The molecule has 0 bridgehead atoms. The Balaban J connectivity index is 2.19. The highest BCUT2D eigenvalue weighted by Gasteiger charge is 2.41. The van der Waals surface area contributed by atoms with Crippen molar-refractivity contribution < 1.29 is 0 Å². The molecular weight excluding hydrogens is 454 g/mol. The minimum atomic E-state index is -0.620. The van der Waals surface area contributed by atoms with Crippen molar-refractivity contribution in [2.45, 2.75) is 5.54 Å². The molecule has 0 aliphatic carbocycles. The van der Waals surface area contributed by atoms with E-state index in [0.29, 0.717) is 9.47 Å². The van der Waals surface area contributed by atoms with Crippen LogP contribution in [0.2, 0.25) is 0 Å². The second-order valence-electron chi connectivity index (χ2n) is 5.88. The summed E-state index contributed by atoms with van der Waals surface area (Å²) in [5.74, 6) is 0. The van der Waals surface area contributed by atoms with Gasteiger partial charge in [-0.15, -0.1) is 10.2 Å². The number of nitrogens with zero attached hydrogens (tertiary/aromatic N) is 3. The minimum absolute atomic E-state index is 0.620. The fourth-order valence-electron chi connectivity index (χ4n) is 3.45. The van der Waals surface area contributed by atoms with Crippen LogP contribution in [0.3, 0.4) is 0 Å². The molecule has 4 rings (SSSR count). The van der Waals surface area contributed by atoms with Gasteiger partial charge in [-0.25, -0.2) is 0 Å². The molecule has 0 aliphatic heterocycles. The van der Waals surface area contributed by atoms with Crippen molar-refractivity contribution in [1.82, 2.24) is 14.8 Å². The summed E-state index contributed by atoms with van der Waals surface area (Å²) in [4.78, 5) is 0. The summed E-state index contributed by atoms with van der Waals surface area (Å²) >= 11 is 7.21. The lowest BCUT2D eigenvalue weighted by Gasteiger charge is -2.37. The molecule has 0 amide bonds. The zero-order chi connectivity index (χ0) is 18.0. The lowest BCUT2D eigenvalue weighted by atomic mass is 9.77. The van der Waals surface area contributed by atoms with E-state index in [-0.39, 0.29) is 0 Å². The molecular formula is C21H15Br2N3. The van der Waals surface area contributed by atoms with E-state index >= 15 is 0 Å². The molecule has 0 fully saturated rings. The van der Waals surface area contributed by atoms with E-state index in [1.165, 1.54) is 0 Å². The molecule has 0 radical (unpaired) electrons. The van der Waals surface area contributed by atoms with Crippen LogP contribution in [0, 0.1) is 0 Å². The average Bonchev–Trinajstić information content (AvgIpc) is 3.04. The van der Waals surface area contributed by atoms with Gasteiger partial charge in [0.25, 0.3) is 0 Å². The Bertz CT molecular complexity index is 883. The van der Waals surface area contributed by atoms with Gasteiger partial charge < -0.3 is 0 Å². The fraction of sp³-hybridized carbons (Fsp3) is 0.0476. The van der Waals surface area contributed by atoms with E-state index in [9.17, 15) is 0 Å². The smallest absolute Gasteiger partial charge is 0.202 e. The number of benzene rings is 3. The van der Waals surface area contributed by atoms with E-state index < -0.39 is 5.54 Å². The van der Waals surface area contributed by atoms with Crippen molar-refractivity contribution in [2.75, 3.05) is 0 Å². The molecule has 0 saturated carbocycles. The fourth-order valence-corrected chi connectivity index (χ4v) is 4.71. The summed E-state index contributed by atoms with van der Waals surface area (Å²) in [6, 6.07) is 31.3. The monoisotopic (exact) mass is 467 g/mol. The number of aromatic nitrogens is 3. The third kappa shape index (κ3) is 2.72. The third-order valence-corrected chi connectivity index (χ3v) is 5.52. The zero-order valence-corrected chi connectivity index (χ0v) is 16.9. The highest BCUT2D eigenvalue weighted by Crippen LogP contribution is 2.43. The van der Waals surface area contributed by atoms with Gasteiger partial charge in [0.05, 0.1) is 0 Å². The lowest BCUT2D eigenvalue weighted by molar-refractivity contribution is 0.494. The third-order valence-electron chi connectivity index (χ3n) is 4.49. The Hall–Kier alpha value is -2.24. The number of hydrogen-bond donors (Lipinski definition) is 0. The van der Waals surface area contributed by atoms with E-state index in [1.807, 2.05) is 18.2 Å². The molecule has 3 aromatic carbocycles. The molecule has 3 nitrogen and oxygen atoms in total. The zero-order valence-electron chi connectivity index (χ0n) is 13.8. The average molecular weight is 469 g/mol. The first-order chi connectivity index (χ1) is 12.7. The van der Waals surface area contributed by atoms with Crippen LogP contribution in [0.4, 0.5) is 0 Å². The Morgan fingerprint density at radius 3 is 1.15 bits per heavy atom. The molecule has 4 aromatic rings. The second kappa shape index (κ2) is 7.17. The van der Waals surface area contributed by atoms with E-state index in [2.05, 4.69) is 119 Å². The second-order valence-corrected chi connectivity index (χ2v) is 7.30. The van der Waals surface area contributed by atoms with Crippen molar-refractivity contribution in [3.8, 4) is 0 Å². The molecule has 0 saturated heterocycles. The maximum Gasteiger partial charge on any atom is 0.202 e. The first kappa shape index (κ1) is 17.2. The Morgan fingerprint density at radius 2 is 0.846 bits per heavy atom. The minimum Gasteiger partial charge on any atom is -0.277 e. The summed E-state index contributed by atoms with van der Waals surface area (Å²) in [5, 5.41) is 8.48. The van der Waals surface area contributed by atoms with Gasteiger partial charge in [-0.3, -0.25) is 4.57 Å². The molecule has 0 unspecified atom stereocenters. The standard InChI is InChI=1S/C21H15Br2N3/c22-19-24-25-20(23)26(19)21(16-10-4-1-5-11-16,17-12-6-2-7-13-17)18-14-8-3-9-15-18/h1-15H. The predicted octanol–water partition coefficient (Wildman–Crippen LogP) is 5.64. The molecule has 5 heteroatoms. The van der Waals surface area contributed by atoms with Crippen LogP contribution in [0.1, 0.15) is 16.7 Å². The molecule has 26 heavy (non-hydrogen) atoms. The van der Waals surface area contributed by atoms with Gasteiger partial charge in [0, 0.05) is 0 Å². The van der Waals surface area contributed by atoms with Crippen molar-refractivity contribution >= 4 is 31.9 Å². The SMILES string of the molecule is Brc1nnc(Br)n1C(c1ccccc1)(c1ccccc1)c1ccccc1. The first-order valence-electron chi connectivity index (χ1n) is 8.18. The number of hydrogen-bond acceptors (Lipinski definition) is 2. The van der Waals surface area contributed by atoms with Crippen LogP contribution in [0.5, 0.6) is 0 Å². The Labute approximate surface area is 169 Å². The summed E-state index contributed by atoms with van der Waals surface area (Å²) in [7, 11) is 0. The van der Waals surface area contributed by atoms with Gasteiger partial charge in [0.15, 0.2) is 0 Å². The Morgan fingerprint density at radius 1 is 0.538 bits per heavy atom. The topological polar surface area (TPSA) is 30.7 Å². The molecule has 0 atom stereocenters. The molecule has 1 aromatic heterocycles. The first-order valence-corrected chi connectivity index (χ1v) is 9.76. The van der Waals surface area contributed by atoms with Crippen LogP contribution >= 0.6 is 31.9 Å². The van der Waals surface area contributed by atoms with Gasteiger partial charge >= 0.3 is 0 Å². The summed E-state index contributed by atoms with van der Waals surface area (Å²) in [6.07, 6.45) is 0. The van der Waals surface area contributed by atoms with Gasteiger partial charge in [-0.05, 0) is 48.6 Å². The van der Waals surface area contributed by atoms with Crippen molar-refractivity contribution in [2.24, 2.45) is 0 Å². The van der Waals surface area contributed by atoms with E-state index in [1.54, 1.807) is 0 Å². The number of halogens is 2. The summed E-state index contributed by atoms with van der Waals surface area (Å²) in [5.41, 5.74) is 2.75. The van der Waals surface area contributed by atoms with Gasteiger partial charge in [0.1, 0.15) is 5.54 Å². The molecule has 128 valence electrons.